The van der Waals surface area contributed by atoms with Gasteiger partial charge in [0.25, 0.3) is 0 Å². The molecule has 0 aliphatic rings. The number of pyridine rings is 1. The molecule has 0 bridgehead atoms. The van der Waals surface area contributed by atoms with Crippen LogP contribution in [0.3, 0.4) is 0 Å². The number of aryl methyl sites for hydroxylation is 2. The summed E-state index contributed by atoms with van der Waals surface area (Å²) in [5.41, 5.74) is 8.55. The topological polar surface area (TPSA) is 50.9 Å². The summed E-state index contributed by atoms with van der Waals surface area (Å²) in [6.45, 7) is 6.40. The number of hydrogen-bond acceptors (Lipinski definition) is 3. The van der Waals surface area contributed by atoms with Gasteiger partial charge in [0.05, 0.1) is 11.2 Å². The van der Waals surface area contributed by atoms with E-state index in [1.165, 1.54) is 24.0 Å². The van der Waals surface area contributed by atoms with Crippen LogP contribution in [0.1, 0.15) is 43.5 Å². The molecule has 0 saturated heterocycles. The van der Waals surface area contributed by atoms with Crippen LogP contribution in [0.15, 0.2) is 18.2 Å². The van der Waals surface area contributed by atoms with Crippen molar-refractivity contribution in [3.63, 3.8) is 0 Å². The van der Waals surface area contributed by atoms with Crippen LogP contribution < -0.4 is 11.3 Å². The number of unbranched alkanes of at least 4 members (excludes halogenated alkanes) is 1. The number of benzene rings is 1. The van der Waals surface area contributed by atoms with E-state index in [9.17, 15) is 0 Å². The zero-order valence-corrected chi connectivity index (χ0v) is 12.1. The van der Waals surface area contributed by atoms with Crippen molar-refractivity contribution in [1.82, 2.24) is 4.98 Å². The van der Waals surface area contributed by atoms with Crippen molar-refractivity contribution in [3.8, 4) is 0 Å². The van der Waals surface area contributed by atoms with E-state index < -0.39 is 0 Å². The molecule has 0 amide bonds. The third-order valence-electron chi connectivity index (χ3n) is 3.67. The normalized spacial score (nSPS) is 10.9. The van der Waals surface area contributed by atoms with E-state index in [1.54, 1.807) is 0 Å². The molecule has 0 saturated carbocycles. The van der Waals surface area contributed by atoms with Crippen molar-refractivity contribution < 1.29 is 0 Å². The molecule has 3 nitrogen and oxygen atoms in total. The van der Waals surface area contributed by atoms with Crippen LogP contribution in [0.2, 0.25) is 0 Å². The fourth-order valence-electron chi connectivity index (χ4n) is 2.61. The maximum absolute atomic E-state index is 5.73. The Kier molecular flexibility index (Phi) is 4.38. The van der Waals surface area contributed by atoms with Gasteiger partial charge >= 0.3 is 0 Å². The molecule has 1 aromatic carbocycles. The van der Waals surface area contributed by atoms with Gasteiger partial charge in [-0.05, 0) is 49.4 Å². The van der Waals surface area contributed by atoms with Crippen molar-refractivity contribution in [2.75, 3.05) is 5.43 Å². The summed E-state index contributed by atoms with van der Waals surface area (Å²) < 4.78 is 0. The lowest BCUT2D eigenvalue weighted by Gasteiger charge is -2.14. The number of nitrogens with one attached hydrogen (secondary N) is 1. The lowest BCUT2D eigenvalue weighted by molar-refractivity contribution is 0.796. The first-order valence-electron chi connectivity index (χ1n) is 7.10. The van der Waals surface area contributed by atoms with E-state index in [1.807, 2.05) is 6.92 Å². The molecular formula is C16H23N3. The molecule has 0 fully saturated rings. The molecule has 0 radical (unpaired) electrons. The van der Waals surface area contributed by atoms with Crippen LogP contribution >= 0.6 is 0 Å². The Morgan fingerprint density at radius 2 is 2.05 bits per heavy atom. The molecule has 2 rings (SSSR count). The van der Waals surface area contributed by atoms with Crippen LogP contribution in [-0.4, -0.2) is 4.98 Å². The predicted molar refractivity (Wildman–Crippen MR) is 82.3 cm³/mol. The Balaban J connectivity index is 2.58. The molecule has 1 heterocycles. The van der Waals surface area contributed by atoms with Gasteiger partial charge in [-0.25, -0.2) is 0 Å². The van der Waals surface area contributed by atoms with Crippen molar-refractivity contribution in [3.05, 3.63) is 35.0 Å². The second-order valence-electron chi connectivity index (χ2n) is 5.00. The lowest BCUT2D eigenvalue weighted by Crippen LogP contribution is -2.11. The number of aromatic nitrogens is 1. The average molecular weight is 257 g/mol. The van der Waals surface area contributed by atoms with Gasteiger partial charge in [-0.2, -0.15) is 0 Å². The molecule has 2 aromatic rings. The summed E-state index contributed by atoms with van der Waals surface area (Å²) in [6.07, 6.45) is 4.49. The monoisotopic (exact) mass is 257 g/mol. The quantitative estimate of drug-likeness (QED) is 0.634. The predicted octanol–water partition coefficient (Wildman–Crippen LogP) is 3.73. The molecular weight excluding hydrogens is 234 g/mol. The standard InChI is InChI=1S/C16H23N3/c1-4-6-7-12-8-9-15-14(10-12)16(19-17)13(5-2)11(3)18-15/h8-10H,4-7,17H2,1-3H3,(H,18,19). The van der Waals surface area contributed by atoms with E-state index >= 15 is 0 Å². The minimum Gasteiger partial charge on any atom is -0.323 e. The van der Waals surface area contributed by atoms with Crippen LogP contribution in [0.25, 0.3) is 10.9 Å². The zero-order valence-electron chi connectivity index (χ0n) is 12.1. The maximum atomic E-state index is 5.73. The van der Waals surface area contributed by atoms with Crippen LogP contribution in [0.4, 0.5) is 5.69 Å². The third-order valence-corrected chi connectivity index (χ3v) is 3.67. The third kappa shape index (κ3) is 2.71. The van der Waals surface area contributed by atoms with E-state index in [-0.39, 0.29) is 0 Å². The summed E-state index contributed by atoms with van der Waals surface area (Å²) in [7, 11) is 0. The first-order valence-corrected chi connectivity index (χ1v) is 7.10. The summed E-state index contributed by atoms with van der Waals surface area (Å²) in [5, 5.41) is 1.14. The highest BCUT2D eigenvalue weighted by Gasteiger charge is 2.10. The minimum absolute atomic E-state index is 0.938. The van der Waals surface area contributed by atoms with Crippen molar-refractivity contribution in [2.45, 2.75) is 46.5 Å². The highest BCUT2D eigenvalue weighted by atomic mass is 15.2. The molecule has 19 heavy (non-hydrogen) atoms. The number of anilines is 1. The van der Waals surface area contributed by atoms with Gasteiger partial charge in [-0.1, -0.05) is 26.3 Å². The van der Waals surface area contributed by atoms with Gasteiger partial charge in [0.2, 0.25) is 0 Å². The Hall–Kier alpha value is -1.61. The molecule has 0 aliphatic carbocycles. The Morgan fingerprint density at radius 1 is 1.26 bits per heavy atom. The fraction of sp³-hybridized carbons (Fsp3) is 0.438. The number of rotatable bonds is 5. The number of nitrogens with zero attached hydrogens (tertiary/aromatic N) is 1. The number of hydrazine groups is 1. The molecule has 0 unspecified atom stereocenters. The van der Waals surface area contributed by atoms with Crippen molar-refractivity contribution in [1.29, 1.82) is 0 Å². The van der Waals surface area contributed by atoms with Crippen LogP contribution in [0.5, 0.6) is 0 Å². The van der Waals surface area contributed by atoms with Gasteiger partial charge in [0, 0.05) is 11.1 Å². The SMILES string of the molecule is CCCCc1ccc2nc(C)c(CC)c(NN)c2c1. The molecule has 102 valence electrons. The summed E-state index contributed by atoms with van der Waals surface area (Å²) >= 11 is 0. The second kappa shape index (κ2) is 6.02. The van der Waals surface area contributed by atoms with E-state index in [2.05, 4.69) is 42.5 Å². The number of nitrogen functional groups attached to an aromatic ring is 1. The highest BCUT2D eigenvalue weighted by molar-refractivity contribution is 5.93. The van der Waals surface area contributed by atoms with Gasteiger partial charge in [-0.3, -0.25) is 10.8 Å². The molecule has 3 heteroatoms. The summed E-state index contributed by atoms with van der Waals surface area (Å²) in [4.78, 5) is 4.68. The minimum atomic E-state index is 0.938. The van der Waals surface area contributed by atoms with Gasteiger partial charge < -0.3 is 5.43 Å². The Labute approximate surface area is 115 Å². The Morgan fingerprint density at radius 3 is 2.68 bits per heavy atom. The molecule has 3 N–H and O–H groups in total. The lowest BCUT2D eigenvalue weighted by atomic mass is 10.0. The Bertz CT molecular complexity index is 576. The summed E-state index contributed by atoms with van der Waals surface area (Å²) in [5.74, 6) is 5.73. The number of nitrogens with two attached hydrogens (primary N) is 1. The molecule has 0 spiro atoms. The first-order chi connectivity index (χ1) is 9.21. The molecule has 0 atom stereocenters. The van der Waals surface area contributed by atoms with E-state index in [4.69, 9.17) is 5.84 Å². The second-order valence-corrected chi connectivity index (χ2v) is 5.00. The van der Waals surface area contributed by atoms with Crippen LogP contribution in [-0.2, 0) is 12.8 Å². The van der Waals surface area contributed by atoms with Gasteiger partial charge in [0.1, 0.15) is 0 Å². The van der Waals surface area contributed by atoms with E-state index in [0.29, 0.717) is 0 Å². The summed E-state index contributed by atoms with van der Waals surface area (Å²) in [6, 6.07) is 6.51. The molecule has 0 aliphatic heterocycles. The van der Waals surface area contributed by atoms with Crippen LogP contribution in [0, 0.1) is 6.92 Å². The van der Waals surface area contributed by atoms with Crippen molar-refractivity contribution >= 4 is 16.6 Å². The smallest absolute Gasteiger partial charge is 0.0726 e. The fourth-order valence-corrected chi connectivity index (χ4v) is 2.61. The zero-order chi connectivity index (χ0) is 13.8. The number of fused-ring (bicyclic) bond motifs is 1. The number of hydrogen-bond donors (Lipinski definition) is 2. The van der Waals surface area contributed by atoms with E-state index in [0.717, 1.165) is 35.1 Å². The molecule has 1 aromatic heterocycles. The largest absolute Gasteiger partial charge is 0.323 e. The highest BCUT2D eigenvalue weighted by Crippen LogP contribution is 2.29. The van der Waals surface area contributed by atoms with Gasteiger partial charge in [-0.15, -0.1) is 0 Å². The maximum Gasteiger partial charge on any atom is 0.0726 e. The van der Waals surface area contributed by atoms with Crippen molar-refractivity contribution in [2.24, 2.45) is 5.84 Å². The van der Waals surface area contributed by atoms with Gasteiger partial charge in [0.15, 0.2) is 0 Å². The first kappa shape index (κ1) is 13.8. The average Bonchev–Trinajstić information content (AvgIpc) is 2.43.